The molecule has 0 bridgehead atoms. The summed E-state index contributed by atoms with van der Waals surface area (Å²) in [6.45, 7) is 1.71. The van der Waals surface area contributed by atoms with E-state index in [1.54, 1.807) is 12.1 Å². The molecule has 3 rings (SSSR count). The van der Waals surface area contributed by atoms with Gasteiger partial charge in [-0.3, -0.25) is 4.79 Å². The second kappa shape index (κ2) is 7.32. The number of carbonyl (C=O) groups is 1. The molecule has 3 nitrogen and oxygen atoms in total. The second-order valence-electron chi connectivity index (χ2n) is 6.06. The molecule has 0 radical (unpaired) electrons. The van der Waals surface area contributed by atoms with Crippen LogP contribution in [-0.4, -0.2) is 25.7 Å². The van der Waals surface area contributed by atoms with E-state index in [9.17, 15) is 9.18 Å². The van der Waals surface area contributed by atoms with Gasteiger partial charge in [0.2, 0.25) is 0 Å². The van der Waals surface area contributed by atoms with E-state index in [2.05, 4.69) is 5.32 Å². The molecule has 1 amide bonds. The highest BCUT2D eigenvalue weighted by atomic mass is 35.5. The number of hydrogen-bond acceptors (Lipinski definition) is 2. The van der Waals surface area contributed by atoms with Crippen LogP contribution in [0.5, 0.6) is 0 Å². The fourth-order valence-electron chi connectivity index (χ4n) is 3.12. The van der Waals surface area contributed by atoms with Crippen LogP contribution in [0.25, 0.3) is 0 Å². The van der Waals surface area contributed by atoms with E-state index < -0.39 is 11.7 Å². The summed E-state index contributed by atoms with van der Waals surface area (Å²) in [6.07, 6.45) is 1.60. The molecule has 24 heavy (non-hydrogen) atoms. The summed E-state index contributed by atoms with van der Waals surface area (Å²) in [4.78, 5) is 12.3. The summed E-state index contributed by atoms with van der Waals surface area (Å²) in [5, 5.41) is 3.57. The van der Waals surface area contributed by atoms with Gasteiger partial charge in [0.1, 0.15) is 5.82 Å². The zero-order chi connectivity index (χ0) is 17.0. The van der Waals surface area contributed by atoms with Crippen molar-refractivity contribution in [2.75, 3.05) is 19.8 Å². The largest absolute Gasteiger partial charge is 0.381 e. The minimum Gasteiger partial charge on any atom is -0.381 e. The Bertz CT molecular complexity index is 712. The van der Waals surface area contributed by atoms with Crippen LogP contribution in [0.15, 0.2) is 48.5 Å². The van der Waals surface area contributed by atoms with E-state index in [0.717, 1.165) is 18.4 Å². The van der Waals surface area contributed by atoms with Gasteiger partial charge in [0.25, 0.3) is 5.91 Å². The lowest BCUT2D eigenvalue weighted by Gasteiger charge is -2.38. The molecule has 0 aromatic heterocycles. The van der Waals surface area contributed by atoms with Crippen LogP contribution >= 0.6 is 11.6 Å². The molecular weight excluding hydrogens is 329 g/mol. The van der Waals surface area contributed by atoms with Crippen molar-refractivity contribution >= 4 is 17.5 Å². The summed E-state index contributed by atoms with van der Waals surface area (Å²) in [5.41, 5.74) is 0.962. The van der Waals surface area contributed by atoms with Crippen molar-refractivity contribution in [3.05, 3.63) is 70.5 Å². The Morgan fingerprint density at radius 2 is 1.79 bits per heavy atom. The van der Waals surface area contributed by atoms with Crippen molar-refractivity contribution in [1.82, 2.24) is 5.32 Å². The summed E-state index contributed by atoms with van der Waals surface area (Å²) < 4.78 is 19.3. The standard InChI is InChI=1S/C19H19ClFNO2/c20-15-7-5-14(6-8-15)19(9-11-24-12-10-19)13-22-18(23)16-3-1-2-4-17(16)21/h1-8H,9-13H2,(H,22,23). The van der Waals surface area contributed by atoms with Gasteiger partial charge in [0.15, 0.2) is 0 Å². The van der Waals surface area contributed by atoms with E-state index in [0.29, 0.717) is 24.8 Å². The number of ether oxygens (including phenoxy) is 1. The molecule has 0 aliphatic carbocycles. The number of benzene rings is 2. The molecule has 2 aromatic rings. The first-order chi connectivity index (χ1) is 11.6. The first kappa shape index (κ1) is 16.9. The van der Waals surface area contributed by atoms with Crippen molar-refractivity contribution in [1.29, 1.82) is 0 Å². The average Bonchev–Trinajstić information content (AvgIpc) is 2.61. The Kier molecular flexibility index (Phi) is 5.17. The maximum absolute atomic E-state index is 13.8. The zero-order valence-corrected chi connectivity index (χ0v) is 14.0. The van der Waals surface area contributed by atoms with Gasteiger partial charge in [-0.1, -0.05) is 35.9 Å². The topological polar surface area (TPSA) is 38.3 Å². The van der Waals surface area contributed by atoms with E-state index in [-0.39, 0.29) is 11.0 Å². The van der Waals surface area contributed by atoms with Crippen molar-refractivity contribution in [2.45, 2.75) is 18.3 Å². The third-order valence-electron chi connectivity index (χ3n) is 4.61. The van der Waals surface area contributed by atoms with E-state index >= 15 is 0 Å². The van der Waals surface area contributed by atoms with Gasteiger partial charge in [-0.2, -0.15) is 0 Å². The molecule has 126 valence electrons. The van der Waals surface area contributed by atoms with E-state index in [1.165, 1.54) is 12.1 Å². The number of amides is 1. The molecule has 1 aliphatic heterocycles. The fraction of sp³-hybridized carbons (Fsp3) is 0.316. The van der Waals surface area contributed by atoms with Gasteiger partial charge >= 0.3 is 0 Å². The first-order valence-electron chi connectivity index (χ1n) is 7.97. The summed E-state index contributed by atoms with van der Waals surface area (Å²) in [7, 11) is 0. The average molecular weight is 348 g/mol. The quantitative estimate of drug-likeness (QED) is 0.909. The minimum absolute atomic E-state index is 0.0656. The second-order valence-corrected chi connectivity index (χ2v) is 6.50. The van der Waals surface area contributed by atoms with Crippen molar-refractivity contribution in [2.24, 2.45) is 0 Å². The van der Waals surface area contributed by atoms with Crippen molar-refractivity contribution < 1.29 is 13.9 Å². The molecule has 5 heteroatoms. The maximum Gasteiger partial charge on any atom is 0.254 e. The number of halogens is 2. The molecule has 0 atom stereocenters. The molecule has 0 spiro atoms. The molecule has 2 aromatic carbocycles. The monoisotopic (exact) mass is 347 g/mol. The van der Waals surface area contributed by atoms with Gasteiger partial charge in [-0.25, -0.2) is 4.39 Å². The summed E-state index contributed by atoms with van der Waals surface area (Å²) in [5.74, 6) is -0.907. The lowest BCUT2D eigenvalue weighted by molar-refractivity contribution is 0.0487. The van der Waals surface area contributed by atoms with Crippen LogP contribution in [0.2, 0.25) is 5.02 Å². The van der Waals surface area contributed by atoms with E-state index in [1.807, 2.05) is 24.3 Å². The number of nitrogens with one attached hydrogen (secondary N) is 1. The summed E-state index contributed by atoms with van der Waals surface area (Å²) >= 11 is 5.98. The molecule has 0 saturated carbocycles. The molecule has 1 fully saturated rings. The van der Waals surface area contributed by atoms with Crippen molar-refractivity contribution in [3.63, 3.8) is 0 Å². The maximum atomic E-state index is 13.8. The highest BCUT2D eigenvalue weighted by Gasteiger charge is 2.35. The Morgan fingerprint density at radius 1 is 1.12 bits per heavy atom. The van der Waals surface area contributed by atoms with Crippen molar-refractivity contribution in [3.8, 4) is 0 Å². The predicted molar refractivity (Wildman–Crippen MR) is 91.9 cm³/mol. The van der Waals surface area contributed by atoms with E-state index in [4.69, 9.17) is 16.3 Å². The van der Waals surface area contributed by atoms with Gasteiger partial charge < -0.3 is 10.1 Å². The van der Waals surface area contributed by atoms with Crippen LogP contribution in [-0.2, 0) is 10.2 Å². The van der Waals surface area contributed by atoms with Gasteiger partial charge in [-0.05, 0) is 42.7 Å². The highest BCUT2D eigenvalue weighted by Crippen LogP contribution is 2.35. The van der Waals surface area contributed by atoms with Crippen LogP contribution < -0.4 is 5.32 Å². The molecule has 1 N–H and O–H groups in total. The zero-order valence-electron chi connectivity index (χ0n) is 13.2. The minimum atomic E-state index is -0.512. The Morgan fingerprint density at radius 3 is 2.46 bits per heavy atom. The van der Waals surface area contributed by atoms with Gasteiger partial charge in [-0.15, -0.1) is 0 Å². The van der Waals surface area contributed by atoms with Crippen LogP contribution in [0.1, 0.15) is 28.8 Å². The fourth-order valence-corrected chi connectivity index (χ4v) is 3.25. The van der Waals surface area contributed by atoms with Crippen LogP contribution in [0.3, 0.4) is 0 Å². The smallest absolute Gasteiger partial charge is 0.254 e. The Labute approximate surface area is 145 Å². The first-order valence-corrected chi connectivity index (χ1v) is 8.35. The molecule has 1 saturated heterocycles. The van der Waals surface area contributed by atoms with Crippen LogP contribution in [0.4, 0.5) is 4.39 Å². The number of hydrogen-bond donors (Lipinski definition) is 1. The summed E-state index contributed by atoms with van der Waals surface area (Å²) in [6, 6.07) is 13.7. The SMILES string of the molecule is O=C(NCC1(c2ccc(Cl)cc2)CCOCC1)c1ccccc1F. The normalized spacial score (nSPS) is 16.6. The lowest BCUT2D eigenvalue weighted by atomic mass is 9.74. The van der Waals surface area contributed by atoms with Gasteiger partial charge in [0.05, 0.1) is 5.56 Å². The van der Waals surface area contributed by atoms with Gasteiger partial charge in [0, 0.05) is 30.2 Å². The molecule has 1 aliphatic rings. The highest BCUT2D eigenvalue weighted by molar-refractivity contribution is 6.30. The number of rotatable bonds is 4. The molecular formula is C19H19ClFNO2. The number of carbonyl (C=O) groups excluding carboxylic acids is 1. The Balaban J connectivity index is 1.79. The van der Waals surface area contributed by atoms with Crippen LogP contribution in [0, 0.1) is 5.82 Å². The molecule has 1 heterocycles. The Hall–Kier alpha value is -1.91. The third-order valence-corrected chi connectivity index (χ3v) is 4.86. The predicted octanol–water partition coefficient (Wildman–Crippen LogP) is 3.96. The lowest BCUT2D eigenvalue weighted by Crippen LogP contribution is -2.44. The molecule has 0 unspecified atom stereocenters. The third kappa shape index (κ3) is 3.60.